The average Bonchev–Trinajstić information content (AvgIpc) is 2.29. The summed E-state index contributed by atoms with van der Waals surface area (Å²) in [6, 6.07) is 1.37. The maximum absolute atomic E-state index is 11.6. The van der Waals surface area contributed by atoms with Gasteiger partial charge in [-0.15, -0.1) is 0 Å². The van der Waals surface area contributed by atoms with Crippen molar-refractivity contribution in [3.05, 3.63) is 12.3 Å². The number of halogens is 3. The van der Waals surface area contributed by atoms with Gasteiger partial charge in [-0.25, -0.2) is 4.68 Å². The highest BCUT2D eigenvalue weighted by molar-refractivity contribution is 5.06. The second-order valence-electron chi connectivity index (χ2n) is 2.20. The van der Waals surface area contributed by atoms with Crippen LogP contribution in [0, 0.1) is 0 Å². The van der Waals surface area contributed by atoms with Crippen LogP contribution >= 0.6 is 0 Å². The first kappa shape index (κ1) is 8.89. The molecule has 0 unspecified atom stereocenters. The van der Waals surface area contributed by atoms with E-state index in [0.29, 0.717) is 0 Å². The molecular formula is C6H7F3N2O. The smallest absolute Gasteiger partial charge is 0.422 e. The lowest BCUT2D eigenvalue weighted by Gasteiger charge is -2.08. The van der Waals surface area contributed by atoms with Gasteiger partial charge in [0.2, 0.25) is 5.88 Å². The van der Waals surface area contributed by atoms with Crippen molar-refractivity contribution in [1.82, 2.24) is 9.78 Å². The number of nitrogens with zero attached hydrogens (tertiary/aromatic N) is 2. The van der Waals surface area contributed by atoms with E-state index in [1.165, 1.54) is 24.0 Å². The lowest BCUT2D eigenvalue weighted by atomic mass is 10.6. The topological polar surface area (TPSA) is 27.1 Å². The van der Waals surface area contributed by atoms with Crippen molar-refractivity contribution >= 4 is 0 Å². The molecule has 0 radical (unpaired) electrons. The van der Waals surface area contributed by atoms with Crippen LogP contribution < -0.4 is 4.74 Å². The molecule has 6 heteroatoms. The zero-order valence-electron chi connectivity index (χ0n) is 6.30. The summed E-state index contributed by atoms with van der Waals surface area (Å²) in [5, 5.41) is 3.64. The van der Waals surface area contributed by atoms with Crippen molar-refractivity contribution in [2.45, 2.75) is 6.18 Å². The van der Waals surface area contributed by atoms with Crippen LogP contribution in [0.25, 0.3) is 0 Å². The molecular weight excluding hydrogens is 173 g/mol. The Kier molecular flexibility index (Phi) is 2.25. The van der Waals surface area contributed by atoms with Crippen LogP contribution in [0.2, 0.25) is 0 Å². The molecule has 1 aromatic rings. The van der Waals surface area contributed by atoms with Gasteiger partial charge in [0.1, 0.15) is 0 Å². The Morgan fingerprint density at radius 2 is 2.25 bits per heavy atom. The standard InChI is InChI=1S/C6H7F3N2O/c1-11-5(2-3-10-11)12-4-6(7,8)9/h2-3H,4H2,1H3. The molecule has 0 fully saturated rings. The molecule has 0 amide bonds. The fourth-order valence-electron chi connectivity index (χ4n) is 0.659. The van der Waals surface area contributed by atoms with Gasteiger partial charge in [0.25, 0.3) is 0 Å². The van der Waals surface area contributed by atoms with E-state index in [2.05, 4.69) is 9.84 Å². The zero-order chi connectivity index (χ0) is 9.19. The lowest BCUT2D eigenvalue weighted by molar-refractivity contribution is -0.154. The molecule has 0 aliphatic heterocycles. The minimum Gasteiger partial charge on any atom is -0.468 e. The van der Waals surface area contributed by atoms with E-state index in [1.807, 2.05) is 0 Å². The summed E-state index contributed by atoms with van der Waals surface area (Å²) < 4.78 is 40.5. The Labute approximate surface area is 66.7 Å². The van der Waals surface area contributed by atoms with E-state index in [9.17, 15) is 13.2 Å². The summed E-state index contributed by atoms with van der Waals surface area (Å²) in [5.41, 5.74) is 0. The number of rotatable bonds is 2. The predicted octanol–water partition coefficient (Wildman–Crippen LogP) is 1.36. The summed E-state index contributed by atoms with van der Waals surface area (Å²) in [6.45, 7) is -1.29. The van der Waals surface area contributed by atoms with Crippen molar-refractivity contribution in [1.29, 1.82) is 0 Å². The van der Waals surface area contributed by atoms with Gasteiger partial charge in [-0.3, -0.25) is 0 Å². The van der Waals surface area contributed by atoms with Crippen molar-refractivity contribution in [2.24, 2.45) is 7.05 Å². The molecule has 1 rings (SSSR count). The Bertz CT molecular complexity index is 256. The van der Waals surface area contributed by atoms with E-state index in [4.69, 9.17) is 0 Å². The number of alkyl halides is 3. The molecule has 0 atom stereocenters. The normalized spacial score (nSPS) is 11.7. The highest BCUT2D eigenvalue weighted by atomic mass is 19.4. The minimum absolute atomic E-state index is 0.104. The maximum atomic E-state index is 11.6. The fraction of sp³-hybridized carbons (Fsp3) is 0.500. The van der Waals surface area contributed by atoms with Gasteiger partial charge in [-0.2, -0.15) is 18.3 Å². The third kappa shape index (κ3) is 2.44. The van der Waals surface area contributed by atoms with E-state index in [-0.39, 0.29) is 5.88 Å². The Balaban J connectivity index is 2.49. The first-order valence-corrected chi connectivity index (χ1v) is 3.16. The van der Waals surface area contributed by atoms with Crippen LogP contribution in [-0.2, 0) is 7.05 Å². The molecule has 1 aromatic heterocycles. The number of ether oxygens (including phenoxy) is 1. The molecule has 0 aliphatic rings. The van der Waals surface area contributed by atoms with E-state index < -0.39 is 12.8 Å². The number of hydrogen-bond donors (Lipinski definition) is 0. The zero-order valence-corrected chi connectivity index (χ0v) is 6.30. The van der Waals surface area contributed by atoms with Gasteiger partial charge in [-0.1, -0.05) is 0 Å². The first-order valence-electron chi connectivity index (χ1n) is 3.16. The Morgan fingerprint density at radius 3 is 2.67 bits per heavy atom. The van der Waals surface area contributed by atoms with Crippen LogP contribution in [0.3, 0.4) is 0 Å². The van der Waals surface area contributed by atoms with Crippen LogP contribution in [0.4, 0.5) is 13.2 Å². The summed E-state index contributed by atoms with van der Waals surface area (Å²) >= 11 is 0. The van der Waals surface area contributed by atoms with Crippen LogP contribution in [-0.4, -0.2) is 22.6 Å². The summed E-state index contributed by atoms with van der Waals surface area (Å²) in [6.07, 6.45) is -2.93. The Morgan fingerprint density at radius 1 is 1.58 bits per heavy atom. The van der Waals surface area contributed by atoms with Crippen molar-refractivity contribution in [3.63, 3.8) is 0 Å². The molecule has 0 aliphatic carbocycles. The molecule has 0 aromatic carbocycles. The number of aryl methyl sites for hydroxylation is 1. The van der Waals surface area contributed by atoms with Crippen molar-refractivity contribution < 1.29 is 17.9 Å². The molecule has 3 nitrogen and oxygen atoms in total. The molecule has 0 spiro atoms. The fourth-order valence-corrected chi connectivity index (χ4v) is 0.659. The maximum Gasteiger partial charge on any atom is 0.422 e. The third-order valence-electron chi connectivity index (χ3n) is 1.16. The quantitative estimate of drug-likeness (QED) is 0.687. The molecule has 12 heavy (non-hydrogen) atoms. The van der Waals surface area contributed by atoms with Gasteiger partial charge in [0.05, 0.1) is 6.20 Å². The van der Waals surface area contributed by atoms with Crippen LogP contribution in [0.15, 0.2) is 12.3 Å². The lowest BCUT2D eigenvalue weighted by Crippen LogP contribution is -2.20. The highest BCUT2D eigenvalue weighted by Gasteiger charge is 2.28. The first-order chi connectivity index (χ1) is 5.49. The highest BCUT2D eigenvalue weighted by Crippen LogP contribution is 2.17. The Hall–Kier alpha value is -1.20. The predicted molar refractivity (Wildman–Crippen MR) is 34.8 cm³/mol. The summed E-state index contributed by atoms with van der Waals surface area (Å²) in [5.74, 6) is 0.104. The van der Waals surface area contributed by atoms with Gasteiger partial charge in [-0.05, 0) is 0 Å². The molecule has 1 heterocycles. The SMILES string of the molecule is Cn1nccc1OCC(F)(F)F. The minimum atomic E-state index is -4.30. The molecule has 68 valence electrons. The van der Waals surface area contributed by atoms with E-state index in [1.54, 1.807) is 0 Å². The molecule has 0 saturated heterocycles. The van der Waals surface area contributed by atoms with E-state index in [0.717, 1.165) is 0 Å². The molecule has 0 saturated carbocycles. The van der Waals surface area contributed by atoms with Gasteiger partial charge < -0.3 is 4.74 Å². The average molecular weight is 180 g/mol. The van der Waals surface area contributed by atoms with Crippen LogP contribution in [0.5, 0.6) is 5.88 Å². The summed E-state index contributed by atoms with van der Waals surface area (Å²) in [4.78, 5) is 0. The number of hydrogen-bond acceptors (Lipinski definition) is 2. The van der Waals surface area contributed by atoms with Gasteiger partial charge >= 0.3 is 6.18 Å². The van der Waals surface area contributed by atoms with Gasteiger partial charge in [0.15, 0.2) is 6.61 Å². The molecule has 0 bridgehead atoms. The summed E-state index contributed by atoms with van der Waals surface area (Å²) in [7, 11) is 1.51. The molecule has 0 N–H and O–H groups in total. The second kappa shape index (κ2) is 3.04. The van der Waals surface area contributed by atoms with Crippen molar-refractivity contribution in [3.8, 4) is 5.88 Å². The third-order valence-corrected chi connectivity index (χ3v) is 1.16. The number of aromatic nitrogens is 2. The van der Waals surface area contributed by atoms with Crippen LogP contribution in [0.1, 0.15) is 0 Å². The van der Waals surface area contributed by atoms with Crippen molar-refractivity contribution in [2.75, 3.05) is 6.61 Å². The second-order valence-corrected chi connectivity index (χ2v) is 2.20. The van der Waals surface area contributed by atoms with Gasteiger partial charge in [0, 0.05) is 13.1 Å². The monoisotopic (exact) mass is 180 g/mol. The largest absolute Gasteiger partial charge is 0.468 e. The van der Waals surface area contributed by atoms with E-state index >= 15 is 0 Å².